The number of methoxy groups -OCH3 is 1. The number of pyridine rings is 1. The Morgan fingerprint density at radius 3 is 2.71 bits per heavy atom. The molecule has 6 nitrogen and oxygen atoms in total. The number of anilines is 2. The van der Waals surface area contributed by atoms with E-state index in [2.05, 4.69) is 21.2 Å². The molecule has 128 valence electrons. The molecule has 0 unspecified atom stereocenters. The number of halogens is 3. The Labute approximate surface area is 143 Å². The average molecular weight is 403 g/mol. The molecule has 0 saturated carbocycles. The van der Waals surface area contributed by atoms with Crippen molar-refractivity contribution in [3.8, 4) is 0 Å². The molecule has 0 bridgehead atoms. The summed E-state index contributed by atoms with van der Waals surface area (Å²) in [6, 6.07) is 3.91. The second-order valence-electron chi connectivity index (χ2n) is 4.78. The Morgan fingerprint density at radius 1 is 1.42 bits per heavy atom. The summed E-state index contributed by atoms with van der Waals surface area (Å²) in [5.74, 6) is -3.50. The quantitative estimate of drug-likeness (QED) is 0.776. The molecule has 0 spiro atoms. The lowest BCUT2D eigenvalue weighted by atomic mass is 10.2. The lowest BCUT2D eigenvalue weighted by Crippen LogP contribution is -2.27. The van der Waals surface area contributed by atoms with Gasteiger partial charge in [-0.15, -0.1) is 0 Å². The summed E-state index contributed by atoms with van der Waals surface area (Å²) in [7, 11) is 1.39. The van der Waals surface area contributed by atoms with Crippen molar-refractivity contribution in [1.29, 1.82) is 0 Å². The zero-order valence-corrected chi connectivity index (χ0v) is 14.1. The Bertz CT molecular complexity index is 839. The molecule has 0 fully saturated rings. The van der Waals surface area contributed by atoms with Crippen molar-refractivity contribution in [3.63, 3.8) is 0 Å². The van der Waals surface area contributed by atoms with Crippen LogP contribution in [0.15, 0.2) is 33.7 Å². The predicted molar refractivity (Wildman–Crippen MR) is 86.9 cm³/mol. The molecule has 0 aliphatic carbocycles. The number of benzene rings is 1. The van der Waals surface area contributed by atoms with Crippen molar-refractivity contribution in [1.82, 2.24) is 4.57 Å². The van der Waals surface area contributed by atoms with E-state index in [0.717, 1.165) is 16.8 Å². The monoisotopic (exact) mass is 402 g/mol. The lowest BCUT2D eigenvalue weighted by Gasteiger charge is -2.14. The SMILES string of the molecule is COCCn1cc(C(=O)O)c(Nc2ccc(Br)cc2F)c(F)c1=O. The number of aromatic nitrogens is 1. The second-order valence-corrected chi connectivity index (χ2v) is 5.69. The second kappa shape index (κ2) is 7.54. The van der Waals surface area contributed by atoms with Crippen molar-refractivity contribution in [2.75, 3.05) is 19.0 Å². The van der Waals surface area contributed by atoms with Crippen LogP contribution in [0.4, 0.5) is 20.2 Å². The summed E-state index contributed by atoms with van der Waals surface area (Å²) in [5, 5.41) is 11.6. The number of hydrogen-bond acceptors (Lipinski definition) is 4. The molecule has 2 aromatic rings. The van der Waals surface area contributed by atoms with Gasteiger partial charge in [-0.2, -0.15) is 4.39 Å². The highest BCUT2D eigenvalue weighted by Gasteiger charge is 2.21. The van der Waals surface area contributed by atoms with Gasteiger partial charge in [0.05, 0.1) is 18.0 Å². The fourth-order valence-electron chi connectivity index (χ4n) is 2.00. The zero-order valence-electron chi connectivity index (χ0n) is 12.5. The Morgan fingerprint density at radius 2 is 2.12 bits per heavy atom. The van der Waals surface area contributed by atoms with Crippen LogP contribution >= 0.6 is 15.9 Å². The highest BCUT2D eigenvalue weighted by atomic mass is 79.9. The molecule has 9 heteroatoms. The van der Waals surface area contributed by atoms with Gasteiger partial charge >= 0.3 is 5.97 Å². The first-order chi connectivity index (χ1) is 11.3. The van der Waals surface area contributed by atoms with Crippen LogP contribution in [0.25, 0.3) is 0 Å². The zero-order chi connectivity index (χ0) is 17.9. The van der Waals surface area contributed by atoms with E-state index in [0.29, 0.717) is 4.47 Å². The Balaban J connectivity index is 2.54. The summed E-state index contributed by atoms with van der Waals surface area (Å²) in [4.78, 5) is 23.4. The van der Waals surface area contributed by atoms with E-state index in [4.69, 9.17) is 4.74 Å². The molecule has 0 aliphatic heterocycles. The topological polar surface area (TPSA) is 80.6 Å². The number of carboxylic acid groups (broad SMARTS) is 1. The van der Waals surface area contributed by atoms with Gasteiger partial charge < -0.3 is 19.7 Å². The molecule has 24 heavy (non-hydrogen) atoms. The van der Waals surface area contributed by atoms with Crippen LogP contribution in [0, 0.1) is 11.6 Å². The van der Waals surface area contributed by atoms with E-state index in [-0.39, 0.29) is 18.8 Å². The largest absolute Gasteiger partial charge is 0.478 e. The molecule has 1 aromatic carbocycles. The number of aromatic carboxylic acids is 1. The maximum atomic E-state index is 14.4. The first kappa shape index (κ1) is 18.1. The molecule has 1 aromatic heterocycles. The van der Waals surface area contributed by atoms with Crippen LogP contribution in [0.1, 0.15) is 10.4 Å². The molecule has 0 saturated heterocycles. The van der Waals surface area contributed by atoms with Crippen LogP contribution in [-0.4, -0.2) is 29.4 Å². The molecular formula is C15H13BrF2N2O4. The average Bonchev–Trinajstić information content (AvgIpc) is 2.53. The van der Waals surface area contributed by atoms with Crippen LogP contribution in [0.3, 0.4) is 0 Å². The number of ether oxygens (including phenoxy) is 1. The third-order valence-electron chi connectivity index (χ3n) is 3.18. The van der Waals surface area contributed by atoms with Crippen LogP contribution in [0.5, 0.6) is 0 Å². The molecule has 0 radical (unpaired) electrons. The molecule has 0 atom stereocenters. The maximum absolute atomic E-state index is 14.4. The standard InChI is InChI=1S/C15H13BrF2N2O4/c1-24-5-4-20-7-9(15(22)23)13(12(18)14(20)21)19-11-3-2-8(16)6-10(11)17/h2-3,6-7,19H,4-5H2,1H3,(H,22,23). The number of carbonyl (C=O) groups is 1. The molecule has 0 amide bonds. The van der Waals surface area contributed by atoms with E-state index >= 15 is 0 Å². The van der Waals surface area contributed by atoms with Crippen molar-refractivity contribution in [2.45, 2.75) is 6.54 Å². The molecule has 2 rings (SSSR count). The number of nitrogens with zero attached hydrogens (tertiary/aromatic N) is 1. The van der Waals surface area contributed by atoms with Gasteiger partial charge in [0.2, 0.25) is 5.82 Å². The molecule has 1 heterocycles. The minimum atomic E-state index is -1.46. The van der Waals surface area contributed by atoms with Gasteiger partial charge in [-0.3, -0.25) is 4.79 Å². The number of carboxylic acids is 1. The van der Waals surface area contributed by atoms with Crippen molar-refractivity contribution in [2.24, 2.45) is 0 Å². The summed E-state index contributed by atoms with van der Waals surface area (Å²) < 4.78 is 34.4. The maximum Gasteiger partial charge on any atom is 0.339 e. The van der Waals surface area contributed by atoms with E-state index < -0.39 is 34.4 Å². The molecular weight excluding hydrogens is 390 g/mol. The third kappa shape index (κ3) is 3.80. The Kier molecular flexibility index (Phi) is 5.68. The van der Waals surface area contributed by atoms with Gasteiger partial charge in [0.1, 0.15) is 11.4 Å². The summed E-state index contributed by atoms with van der Waals surface area (Å²) >= 11 is 3.08. The van der Waals surface area contributed by atoms with Gasteiger partial charge in [-0.05, 0) is 18.2 Å². The van der Waals surface area contributed by atoms with E-state index in [1.165, 1.54) is 19.2 Å². The minimum Gasteiger partial charge on any atom is -0.478 e. The minimum absolute atomic E-state index is 0.0144. The summed E-state index contributed by atoms with van der Waals surface area (Å²) in [6.45, 7) is 0.0893. The van der Waals surface area contributed by atoms with Crippen molar-refractivity contribution < 1.29 is 23.4 Å². The van der Waals surface area contributed by atoms with Gasteiger partial charge in [0, 0.05) is 24.3 Å². The highest BCUT2D eigenvalue weighted by molar-refractivity contribution is 9.10. The van der Waals surface area contributed by atoms with Gasteiger partial charge in [-0.1, -0.05) is 15.9 Å². The van der Waals surface area contributed by atoms with Crippen molar-refractivity contribution >= 4 is 33.3 Å². The van der Waals surface area contributed by atoms with Crippen LogP contribution in [0.2, 0.25) is 0 Å². The smallest absolute Gasteiger partial charge is 0.339 e. The first-order valence-corrected chi connectivity index (χ1v) is 7.51. The van der Waals surface area contributed by atoms with Gasteiger partial charge in [0.15, 0.2) is 0 Å². The number of hydrogen-bond donors (Lipinski definition) is 2. The number of rotatable bonds is 6. The number of nitrogens with one attached hydrogen (secondary N) is 1. The molecule has 0 aliphatic rings. The third-order valence-corrected chi connectivity index (χ3v) is 3.67. The van der Waals surface area contributed by atoms with Crippen LogP contribution in [-0.2, 0) is 11.3 Å². The molecule has 2 N–H and O–H groups in total. The fourth-order valence-corrected chi connectivity index (χ4v) is 2.33. The van der Waals surface area contributed by atoms with Crippen molar-refractivity contribution in [3.05, 3.63) is 56.4 Å². The van der Waals surface area contributed by atoms with E-state index in [1.807, 2.05) is 0 Å². The van der Waals surface area contributed by atoms with E-state index in [9.17, 15) is 23.5 Å². The highest BCUT2D eigenvalue weighted by Crippen LogP contribution is 2.26. The normalized spacial score (nSPS) is 10.7. The first-order valence-electron chi connectivity index (χ1n) is 6.72. The summed E-state index contributed by atoms with van der Waals surface area (Å²) in [5.41, 5.74) is -2.28. The fraction of sp³-hybridized carbons (Fsp3) is 0.200. The van der Waals surface area contributed by atoms with E-state index in [1.54, 1.807) is 0 Å². The summed E-state index contributed by atoms with van der Waals surface area (Å²) in [6.07, 6.45) is 0.992. The van der Waals surface area contributed by atoms with Crippen LogP contribution < -0.4 is 10.9 Å². The Hall–Kier alpha value is -2.26. The van der Waals surface area contributed by atoms with Gasteiger partial charge in [0.25, 0.3) is 5.56 Å². The lowest BCUT2D eigenvalue weighted by molar-refractivity contribution is 0.0696. The van der Waals surface area contributed by atoms with Gasteiger partial charge in [-0.25, -0.2) is 9.18 Å². The predicted octanol–water partition coefficient (Wildman–Crippen LogP) is 2.98.